The first-order chi connectivity index (χ1) is 10.2. The number of hydrogen-bond acceptors (Lipinski definition) is 5. The molecule has 2 atom stereocenters. The highest BCUT2D eigenvalue weighted by atomic mass is 35.5. The van der Waals surface area contributed by atoms with Crippen LogP contribution in [0.2, 0.25) is 5.15 Å². The van der Waals surface area contributed by atoms with Crippen LogP contribution in [0.15, 0.2) is 6.07 Å². The van der Waals surface area contributed by atoms with Gasteiger partial charge in [-0.2, -0.15) is 18.4 Å². The van der Waals surface area contributed by atoms with Gasteiger partial charge in [0.25, 0.3) is 0 Å². The molecule has 2 heterocycles. The molecule has 0 radical (unpaired) electrons. The van der Waals surface area contributed by atoms with Crippen molar-refractivity contribution in [3.8, 4) is 6.07 Å². The van der Waals surface area contributed by atoms with Crippen LogP contribution in [0.25, 0.3) is 0 Å². The molecule has 11 heteroatoms. The number of carbonyl (C=O) groups is 1. The van der Waals surface area contributed by atoms with Crippen LogP contribution in [0.4, 0.5) is 23.8 Å². The molecule has 1 saturated heterocycles. The van der Waals surface area contributed by atoms with Gasteiger partial charge in [0.2, 0.25) is 0 Å². The number of nitrogens with two attached hydrogens (primary N) is 1. The molecule has 0 aliphatic carbocycles. The number of amides is 2. The zero-order valence-electron chi connectivity index (χ0n) is 10.9. The number of halogens is 4. The maximum Gasteiger partial charge on any atom is 0.410 e. The molecule has 1 fully saturated rings. The number of aromatic nitrogens is 2. The molecule has 1 aliphatic heterocycles. The van der Waals surface area contributed by atoms with E-state index in [0.717, 1.165) is 4.90 Å². The summed E-state index contributed by atoms with van der Waals surface area (Å²) in [5.41, 5.74) is 5.65. The molecule has 0 spiro atoms. The Kier molecular flexibility index (Phi) is 4.27. The van der Waals surface area contributed by atoms with E-state index in [4.69, 9.17) is 22.6 Å². The topological polar surface area (TPSA) is 108 Å². The van der Waals surface area contributed by atoms with E-state index in [1.807, 2.05) is 11.4 Å². The maximum atomic E-state index is 12.7. The number of carbonyl (C=O) groups excluding carboxylic acids is 1. The van der Waals surface area contributed by atoms with Crippen LogP contribution in [0.5, 0.6) is 0 Å². The number of nitrogens with zero attached hydrogens (tertiary/aromatic N) is 4. The Hall–Kier alpha value is -2.28. The van der Waals surface area contributed by atoms with Crippen molar-refractivity contribution >= 4 is 23.4 Å². The summed E-state index contributed by atoms with van der Waals surface area (Å²) in [5, 5.41) is 17.6. The molecule has 7 nitrogen and oxygen atoms in total. The van der Waals surface area contributed by atoms with Crippen LogP contribution in [-0.4, -0.2) is 39.9 Å². The lowest BCUT2D eigenvalue weighted by molar-refractivity contribution is -0.150. The average molecular weight is 335 g/mol. The van der Waals surface area contributed by atoms with Crippen molar-refractivity contribution in [2.24, 2.45) is 0 Å². The highest BCUT2D eigenvalue weighted by molar-refractivity contribution is 6.30. The minimum atomic E-state index is -4.58. The first-order valence-electron chi connectivity index (χ1n) is 6.03. The summed E-state index contributed by atoms with van der Waals surface area (Å²) in [4.78, 5) is 12.7. The second-order valence-corrected chi connectivity index (χ2v) is 4.95. The molecule has 0 saturated carbocycles. The molecule has 0 aromatic carbocycles. The maximum absolute atomic E-state index is 12.7. The molecule has 0 bridgehead atoms. The molecule has 1 aromatic heterocycles. The molecule has 1 aromatic rings. The van der Waals surface area contributed by atoms with Crippen molar-refractivity contribution in [3.63, 3.8) is 0 Å². The Morgan fingerprint density at radius 2 is 2.27 bits per heavy atom. The molecule has 1 aliphatic rings. The lowest BCUT2D eigenvalue weighted by Gasteiger charge is -2.25. The second-order valence-electron chi connectivity index (χ2n) is 4.59. The molecule has 2 rings (SSSR count). The van der Waals surface area contributed by atoms with Crippen molar-refractivity contribution in [2.45, 2.75) is 24.7 Å². The number of rotatable bonds is 3. The molecule has 2 amide bonds. The second kappa shape index (κ2) is 5.84. The monoisotopic (exact) mass is 334 g/mol. The van der Waals surface area contributed by atoms with Gasteiger partial charge in [-0.3, -0.25) is 0 Å². The number of urea groups is 1. The highest BCUT2D eigenvalue weighted by Crippen LogP contribution is 2.34. The number of anilines is 1. The van der Waals surface area contributed by atoms with Crippen LogP contribution >= 0.6 is 11.6 Å². The Labute approximate surface area is 127 Å². The summed E-state index contributed by atoms with van der Waals surface area (Å²) >= 11 is 5.86. The number of hydrogen-bond donors (Lipinski definition) is 2. The van der Waals surface area contributed by atoms with Crippen molar-refractivity contribution in [2.75, 3.05) is 12.3 Å². The van der Waals surface area contributed by atoms with Gasteiger partial charge in [0.15, 0.2) is 5.15 Å². The fourth-order valence-corrected chi connectivity index (χ4v) is 2.34. The van der Waals surface area contributed by atoms with Crippen molar-refractivity contribution in [1.82, 2.24) is 20.4 Å². The normalized spacial score (nSPS) is 19.7. The van der Waals surface area contributed by atoms with Crippen molar-refractivity contribution in [3.05, 3.63) is 16.8 Å². The van der Waals surface area contributed by atoms with E-state index in [1.54, 1.807) is 0 Å². The van der Waals surface area contributed by atoms with E-state index in [1.165, 1.54) is 6.07 Å². The van der Waals surface area contributed by atoms with Crippen LogP contribution in [0.3, 0.4) is 0 Å². The van der Waals surface area contributed by atoms with Gasteiger partial charge in [0, 0.05) is 5.56 Å². The van der Waals surface area contributed by atoms with Crippen molar-refractivity contribution < 1.29 is 18.0 Å². The Balaban J connectivity index is 2.35. The van der Waals surface area contributed by atoms with E-state index in [2.05, 4.69) is 10.2 Å². The van der Waals surface area contributed by atoms with Gasteiger partial charge in [0.05, 0.1) is 25.1 Å². The summed E-state index contributed by atoms with van der Waals surface area (Å²) in [6.45, 7) is -0.632. The SMILES string of the molecule is N#CCC(c1cc(N)nnc1Cl)N1C[C@@H](C(F)(F)F)NC1=O. The molecule has 3 N–H and O–H groups in total. The van der Waals surface area contributed by atoms with Gasteiger partial charge < -0.3 is 16.0 Å². The lowest BCUT2D eigenvalue weighted by Crippen LogP contribution is -2.40. The number of alkyl halides is 3. The van der Waals surface area contributed by atoms with E-state index in [9.17, 15) is 18.0 Å². The van der Waals surface area contributed by atoms with Gasteiger partial charge in [-0.25, -0.2) is 4.79 Å². The fourth-order valence-electron chi connectivity index (χ4n) is 2.13. The molecule has 118 valence electrons. The van der Waals surface area contributed by atoms with E-state index in [-0.39, 0.29) is 23.0 Å². The molecular formula is C11H10ClF3N6O. The zero-order valence-corrected chi connectivity index (χ0v) is 11.7. The van der Waals surface area contributed by atoms with Gasteiger partial charge in [0.1, 0.15) is 11.9 Å². The van der Waals surface area contributed by atoms with Crippen LogP contribution in [0, 0.1) is 11.3 Å². The minimum absolute atomic E-state index is 0.0192. The largest absolute Gasteiger partial charge is 0.410 e. The Morgan fingerprint density at radius 1 is 1.59 bits per heavy atom. The summed E-state index contributed by atoms with van der Waals surface area (Å²) in [6, 6.07) is -0.844. The third-order valence-corrected chi connectivity index (χ3v) is 3.44. The van der Waals surface area contributed by atoms with E-state index >= 15 is 0 Å². The summed E-state index contributed by atoms with van der Waals surface area (Å²) in [6.07, 6.45) is -4.84. The predicted molar refractivity (Wildman–Crippen MR) is 69.5 cm³/mol. The molecule has 1 unspecified atom stereocenters. The first kappa shape index (κ1) is 16.1. The van der Waals surface area contributed by atoms with Gasteiger partial charge in [-0.15, -0.1) is 10.2 Å². The number of nitriles is 1. The third kappa shape index (κ3) is 3.14. The average Bonchev–Trinajstić information content (AvgIpc) is 2.81. The molecule has 22 heavy (non-hydrogen) atoms. The fraction of sp³-hybridized carbons (Fsp3) is 0.455. The quantitative estimate of drug-likeness (QED) is 0.873. The number of nitrogens with one attached hydrogen (secondary N) is 1. The Morgan fingerprint density at radius 3 is 2.82 bits per heavy atom. The lowest BCUT2D eigenvalue weighted by atomic mass is 10.0. The summed E-state index contributed by atoms with van der Waals surface area (Å²) < 4.78 is 38.2. The van der Waals surface area contributed by atoms with Crippen LogP contribution in [-0.2, 0) is 0 Å². The smallest absolute Gasteiger partial charge is 0.382 e. The van der Waals surface area contributed by atoms with Crippen LogP contribution < -0.4 is 11.1 Å². The number of nitrogen functional groups attached to an aromatic ring is 1. The van der Waals surface area contributed by atoms with Crippen molar-refractivity contribution in [1.29, 1.82) is 5.26 Å². The van der Waals surface area contributed by atoms with E-state index < -0.39 is 30.8 Å². The standard InChI is InChI=1S/C11H10ClF3N6O/c12-9-5(3-8(17)19-20-9)6(1-2-16)21-4-7(11(13,14)15)18-10(21)22/h3,6-7H,1,4H2,(H2,17,19)(H,18,22)/t6?,7-/m0/s1. The van der Waals surface area contributed by atoms with E-state index in [0.29, 0.717) is 0 Å². The highest BCUT2D eigenvalue weighted by Gasteiger charge is 2.48. The van der Waals surface area contributed by atoms with Gasteiger partial charge >= 0.3 is 12.2 Å². The summed E-state index contributed by atoms with van der Waals surface area (Å²) in [5.74, 6) is -0.0192. The minimum Gasteiger partial charge on any atom is -0.382 e. The first-order valence-corrected chi connectivity index (χ1v) is 6.41. The summed E-state index contributed by atoms with van der Waals surface area (Å²) in [7, 11) is 0. The Bertz CT molecular complexity index is 631. The molecular weight excluding hydrogens is 325 g/mol. The zero-order chi connectivity index (χ0) is 16.5. The van der Waals surface area contributed by atoms with Gasteiger partial charge in [-0.1, -0.05) is 11.6 Å². The predicted octanol–water partition coefficient (Wildman–Crippen LogP) is 1.62. The van der Waals surface area contributed by atoms with Crippen LogP contribution in [0.1, 0.15) is 18.0 Å². The van der Waals surface area contributed by atoms with Gasteiger partial charge in [-0.05, 0) is 6.07 Å². The third-order valence-electron chi connectivity index (χ3n) is 3.15.